The summed E-state index contributed by atoms with van der Waals surface area (Å²) in [6.45, 7) is 0.0884. The van der Waals surface area contributed by atoms with E-state index >= 15 is 0 Å². The monoisotopic (exact) mass is 320 g/mol. The quantitative estimate of drug-likeness (QED) is 0.791. The molecular formula is C12H14Cl2N2O2S. The summed E-state index contributed by atoms with van der Waals surface area (Å²) in [4.78, 5) is 11.8. The van der Waals surface area contributed by atoms with Crippen LogP contribution in [-0.4, -0.2) is 35.2 Å². The Hall–Kier alpha value is -0.460. The molecule has 1 aromatic rings. The number of amides is 1. The fourth-order valence-corrected chi connectivity index (χ4v) is 3.41. The van der Waals surface area contributed by atoms with E-state index < -0.39 is 6.10 Å². The van der Waals surface area contributed by atoms with Gasteiger partial charge < -0.3 is 10.4 Å². The molecule has 0 aliphatic carbocycles. The molecule has 7 heteroatoms. The Balaban J connectivity index is 1.93. The second-order valence-electron chi connectivity index (χ2n) is 4.17. The van der Waals surface area contributed by atoms with E-state index in [1.54, 1.807) is 30.0 Å². The van der Waals surface area contributed by atoms with Crippen LogP contribution in [0.25, 0.3) is 0 Å². The van der Waals surface area contributed by atoms with Gasteiger partial charge in [-0.25, -0.2) is 0 Å². The van der Waals surface area contributed by atoms with Crippen molar-refractivity contribution in [1.29, 1.82) is 0 Å². The zero-order chi connectivity index (χ0) is 13.8. The number of aliphatic hydroxyl groups excluding tert-OH is 1. The molecule has 104 valence electrons. The van der Waals surface area contributed by atoms with Crippen molar-refractivity contribution in [3.63, 3.8) is 0 Å². The molecule has 19 heavy (non-hydrogen) atoms. The number of carbonyl (C=O) groups excluding carboxylic acids is 1. The Kier molecular flexibility index (Phi) is 5.36. The number of carbonyl (C=O) groups is 1. The zero-order valence-electron chi connectivity index (χ0n) is 10.0. The van der Waals surface area contributed by atoms with Crippen LogP contribution in [0.3, 0.4) is 0 Å². The first-order chi connectivity index (χ1) is 9.09. The molecule has 2 atom stereocenters. The molecule has 0 saturated carbocycles. The van der Waals surface area contributed by atoms with Crippen LogP contribution in [0.15, 0.2) is 18.2 Å². The van der Waals surface area contributed by atoms with Crippen molar-refractivity contribution in [3.8, 4) is 0 Å². The molecule has 0 spiro atoms. The number of hydrogen-bond acceptors (Lipinski definition) is 4. The lowest BCUT2D eigenvalue weighted by atomic mass is 10.1. The van der Waals surface area contributed by atoms with E-state index in [4.69, 9.17) is 23.2 Å². The molecule has 2 rings (SSSR count). The van der Waals surface area contributed by atoms with E-state index in [1.807, 2.05) is 0 Å². The minimum absolute atomic E-state index is 0.0884. The standard InChI is InChI=1S/C12H14Cl2N2O2S/c13-7-2-1-3-8(14)11(7)10(17)4-15-12(18)9-5-19-6-16-9/h1-3,9-10,16-17H,4-6H2,(H,15,18)/t9-,10+/m1/s1. The maximum atomic E-state index is 11.8. The van der Waals surface area contributed by atoms with Gasteiger partial charge in [-0.15, -0.1) is 11.8 Å². The average Bonchev–Trinajstić information content (AvgIpc) is 2.89. The fraction of sp³-hybridized carbons (Fsp3) is 0.417. The summed E-state index contributed by atoms with van der Waals surface area (Å²) in [5.74, 6) is 1.40. The van der Waals surface area contributed by atoms with Crippen LogP contribution in [0.2, 0.25) is 10.0 Å². The molecular weight excluding hydrogens is 307 g/mol. The van der Waals surface area contributed by atoms with Crippen LogP contribution in [0.4, 0.5) is 0 Å². The first kappa shape index (κ1) is 14.9. The predicted molar refractivity (Wildman–Crippen MR) is 78.7 cm³/mol. The van der Waals surface area contributed by atoms with Crippen molar-refractivity contribution in [2.24, 2.45) is 0 Å². The highest BCUT2D eigenvalue weighted by Crippen LogP contribution is 2.29. The molecule has 3 N–H and O–H groups in total. The minimum Gasteiger partial charge on any atom is -0.386 e. The fourth-order valence-electron chi connectivity index (χ4n) is 1.82. The maximum absolute atomic E-state index is 11.8. The van der Waals surface area contributed by atoms with Crippen LogP contribution >= 0.6 is 35.0 Å². The summed E-state index contributed by atoms with van der Waals surface area (Å²) < 4.78 is 0. The van der Waals surface area contributed by atoms with Gasteiger partial charge in [0.1, 0.15) is 0 Å². The van der Waals surface area contributed by atoms with Gasteiger partial charge in [-0.05, 0) is 12.1 Å². The third-order valence-electron chi connectivity index (χ3n) is 2.84. The van der Waals surface area contributed by atoms with Crippen LogP contribution in [-0.2, 0) is 4.79 Å². The molecule has 0 radical (unpaired) electrons. The zero-order valence-corrected chi connectivity index (χ0v) is 12.4. The second-order valence-corrected chi connectivity index (χ2v) is 6.01. The van der Waals surface area contributed by atoms with E-state index in [0.29, 0.717) is 15.6 Å². The Labute approximate surface area is 125 Å². The second kappa shape index (κ2) is 6.81. The molecule has 0 bridgehead atoms. The van der Waals surface area contributed by atoms with Crippen molar-refractivity contribution < 1.29 is 9.90 Å². The number of aliphatic hydroxyl groups is 1. The van der Waals surface area contributed by atoms with Gasteiger partial charge in [0, 0.05) is 33.8 Å². The molecule has 1 saturated heterocycles. The maximum Gasteiger partial charge on any atom is 0.238 e. The van der Waals surface area contributed by atoms with E-state index in [2.05, 4.69) is 10.6 Å². The van der Waals surface area contributed by atoms with Crippen LogP contribution in [0, 0.1) is 0 Å². The number of halogens is 2. The first-order valence-corrected chi connectivity index (χ1v) is 7.71. The summed E-state index contributed by atoms with van der Waals surface area (Å²) >= 11 is 13.7. The number of thioether (sulfide) groups is 1. The molecule has 1 aromatic carbocycles. The number of hydrogen-bond donors (Lipinski definition) is 3. The molecule has 1 aliphatic rings. The highest BCUT2D eigenvalue weighted by atomic mass is 35.5. The normalized spacial score (nSPS) is 20.3. The van der Waals surface area contributed by atoms with Gasteiger partial charge in [-0.1, -0.05) is 29.3 Å². The third kappa shape index (κ3) is 3.77. The van der Waals surface area contributed by atoms with Crippen molar-refractivity contribution in [1.82, 2.24) is 10.6 Å². The van der Waals surface area contributed by atoms with Gasteiger partial charge in [0.2, 0.25) is 5.91 Å². The van der Waals surface area contributed by atoms with E-state index in [1.165, 1.54) is 0 Å². The van der Waals surface area contributed by atoms with Gasteiger partial charge in [-0.2, -0.15) is 0 Å². The summed E-state index contributed by atoms with van der Waals surface area (Å²) in [5.41, 5.74) is 0.444. The SMILES string of the molecule is O=C(NC[C@H](O)c1c(Cl)cccc1Cl)[C@H]1CSCN1. The average molecular weight is 321 g/mol. The van der Waals surface area contributed by atoms with Crippen LogP contribution < -0.4 is 10.6 Å². The molecule has 0 aromatic heterocycles. The van der Waals surface area contributed by atoms with E-state index in [9.17, 15) is 9.90 Å². The Bertz CT molecular complexity index is 447. The van der Waals surface area contributed by atoms with Crippen LogP contribution in [0.5, 0.6) is 0 Å². The van der Waals surface area contributed by atoms with Gasteiger partial charge in [-0.3, -0.25) is 10.1 Å². The Morgan fingerprint density at radius 3 is 2.79 bits per heavy atom. The lowest BCUT2D eigenvalue weighted by Crippen LogP contribution is -2.43. The molecule has 0 unspecified atom stereocenters. The Morgan fingerprint density at radius 1 is 1.53 bits per heavy atom. The van der Waals surface area contributed by atoms with Crippen molar-refractivity contribution >= 4 is 40.9 Å². The van der Waals surface area contributed by atoms with Gasteiger partial charge in [0.15, 0.2) is 0 Å². The van der Waals surface area contributed by atoms with Crippen molar-refractivity contribution in [3.05, 3.63) is 33.8 Å². The van der Waals surface area contributed by atoms with E-state index in [0.717, 1.165) is 11.6 Å². The number of rotatable bonds is 4. The predicted octanol–water partition coefficient (Wildman–Crippen LogP) is 1.81. The summed E-state index contributed by atoms with van der Waals surface area (Å²) in [5, 5.41) is 16.6. The molecule has 1 amide bonds. The summed E-state index contributed by atoms with van der Waals surface area (Å²) in [6, 6.07) is 4.82. The van der Waals surface area contributed by atoms with Gasteiger partial charge >= 0.3 is 0 Å². The van der Waals surface area contributed by atoms with E-state index in [-0.39, 0.29) is 18.5 Å². The lowest BCUT2D eigenvalue weighted by Gasteiger charge is -2.16. The number of benzene rings is 1. The first-order valence-electron chi connectivity index (χ1n) is 5.80. The summed E-state index contributed by atoms with van der Waals surface area (Å²) in [7, 11) is 0. The third-order valence-corrected chi connectivity index (χ3v) is 4.43. The smallest absolute Gasteiger partial charge is 0.238 e. The molecule has 1 fully saturated rings. The minimum atomic E-state index is -0.917. The molecule has 1 heterocycles. The van der Waals surface area contributed by atoms with Gasteiger partial charge in [0.05, 0.1) is 12.1 Å². The highest BCUT2D eigenvalue weighted by Gasteiger charge is 2.23. The van der Waals surface area contributed by atoms with Gasteiger partial charge in [0.25, 0.3) is 0 Å². The highest BCUT2D eigenvalue weighted by molar-refractivity contribution is 7.99. The topological polar surface area (TPSA) is 61.4 Å². The van der Waals surface area contributed by atoms with Crippen LogP contribution in [0.1, 0.15) is 11.7 Å². The molecule has 1 aliphatic heterocycles. The number of nitrogens with one attached hydrogen (secondary N) is 2. The van der Waals surface area contributed by atoms with Crippen molar-refractivity contribution in [2.45, 2.75) is 12.1 Å². The summed E-state index contributed by atoms with van der Waals surface area (Å²) in [6.07, 6.45) is -0.917. The van der Waals surface area contributed by atoms with Crippen molar-refractivity contribution in [2.75, 3.05) is 18.2 Å². The molecule has 4 nitrogen and oxygen atoms in total. The lowest BCUT2D eigenvalue weighted by molar-refractivity contribution is -0.122. The largest absolute Gasteiger partial charge is 0.386 e. The Morgan fingerprint density at radius 2 is 2.21 bits per heavy atom.